The number of nitrogens with zero attached hydrogens (tertiary/aromatic N) is 1. The van der Waals surface area contributed by atoms with Crippen LogP contribution in [-0.4, -0.2) is 0 Å². The average Bonchev–Trinajstić information content (AvgIpc) is 2.03. The lowest BCUT2D eigenvalue weighted by molar-refractivity contribution is -0.693. The van der Waals surface area contributed by atoms with Crippen LogP contribution in [0, 0.1) is 0 Å². The predicted molar refractivity (Wildman–Crippen MR) is 51.0 cm³/mol. The van der Waals surface area contributed by atoms with E-state index in [1.54, 1.807) is 0 Å². The Kier molecular flexibility index (Phi) is 4.41. The third-order valence-corrected chi connectivity index (χ3v) is 2.12. The average molecular weight is 200 g/mol. The molecule has 0 saturated heterocycles. The van der Waals surface area contributed by atoms with Gasteiger partial charge in [-0.05, 0) is 17.9 Å². The lowest BCUT2D eigenvalue weighted by atomic mass is 9.88. The van der Waals surface area contributed by atoms with Crippen molar-refractivity contribution in [1.82, 2.24) is 0 Å². The van der Waals surface area contributed by atoms with Crippen molar-refractivity contribution in [1.29, 1.82) is 0 Å². The van der Waals surface area contributed by atoms with Crippen molar-refractivity contribution in [2.75, 3.05) is 0 Å². The normalized spacial score (nSPS) is 10.8. The number of hydrogen-bond donors (Lipinski definition) is 0. The molecule has 1 aromatic rings. The molecule has 2 heteroatoms. The van der Waals surface area contributed by atoms with Gasteiger partial charge in [0.25, 0.3) is 0 Å². The summed E-state index contributed by atoms with van der Waals surface area (Å²) in [7, 11) is 0. The maximum absolute atomic E-state index is 2.23. The molecule has 0 aliphatic heterocycles. The molecule has 1 nitrogen and oxygen atoms in total. The fraction of sp³-hybridized carbons (Fsp3) is 0.545. The van der Waals surface area contributed by atoms with Crippen LogP contribution in [-0.2, 0) is 12.0 Å². The predicted octanol–water partition coefficient (Wildman–Crippen LogP) is -0.704. The molecule has 0 unspecified atom stereocenters. The molecule has 0 N–H and O–H groups in total. The van der Waals surface area contributed by atoms with Gasteiger partial charge in [-0.2, -0.15) is 0 Å². The van der Waals surface area contributed by atoms with Crippen molar-refractivity contribution in [2.45, 2.75) is 39.7 Å². The molecule has 74 valence electrons. The van der Waals surface area contributed by atoms with Gasteiger partial charge in [-0.25, -0.2) is 4.57 Å². The molecule has 0 fully saturated rings. The van der Waals surface area contributed by atoms with Crippen LogP contribution in [0.3, 0.4) is 0 Å². The quantitative estimate of drug-likeness (QED) is 0.527. The van der Waals surface area contributed by atoms with Gasteiger partial charge < -0.3 is 12.4 Å². The zero-order chi connectivity index (χ0) is 9.19. The molecule has 1 heterocycles. The van der Waals surface area contributed by atoms with E-state index in [0.717, 1.165) is 6.54 Å². The Balaban J connectivity index is 0.00000144. The molecule has 1 aromatic heterocycles. The topological polar surface area (TPSA) is 3.88 Å². The standard InChI is InChI=1S/C11H18N.ClH/c1-5-12-8-6-10(7-9-12)11(2,3)4;/h6-9H,5H2,1-4H3;1H/q+1;/p-1. The summed E-state index contributed by atoms with van der Waals surface area (Å²) in [6.07, 6.45) is 4.28. The molecule has 0 aliphatic rings. The van der Waals surface area contributed by atoms with Crippen LogP contribution in [0.1, 0.15) is 33.3 Å². The number of rotatable bonds is 1. The Bertz CT molecular complexity index is 246. The van der Waals surface area contributed by atoms with E-state index < -0.39 is 0 Å². The van der Waals surface area contributed by atoms with Gasteiger partial charge in [0.2, 0.25) is 0 Å². The summed E-state index contributed by atoms with van der Waals surface area (Å²) in [4.78, 5) is 0. The molecule has 0 bridgehead atoms. The van der Waals surface area contributed by atoms with Crippen molar-refractivity contribution in [3.8, 4) is 0 Å². The van der Waals surface area contributed by atoms with Gasteiger partial charge in [-0.15, -0.1) is 0 Å². The summed E-state index contributed by atoms with van der Waals surface area (Å²) in [5.41, 5.74) is 1.67. The molecular weight excluding hydrogens is 182 g/mol. The second-order valence-electron chi connectivity index (χ2n) is 4.17. The fourth-order valence-electron chi connectivity index (χ4n) is 1.17. The van der Waals surface area contributed by atoms with E-state index in [4.69, 9.17) is 0 Å². The van der Waals surface area contributed by atoms with Crippen LogP contribution >= 0.6 is 0 Å². The summed E-state index contributed by atoms with van der Waals surface area (Å²) in [6.45, 7) is 9.90. The van der Waals surface area contributed by atoms with Crippen LogP contribution in [0.15, 0.2) is 24.5 Å². The Morgan fingerprint density at radius 3 is 1.92 bits per heavy atom. The van der Waals surface area contributed by atoms with Gasteiger partial charge in [0.1, 0.15) is 6.54 Å². The molecule has 0 atom stereocenters. The minimum absolute atomic E-state index is 0. The van der Waals surface area contributed by atoms with Crippen LogP contribution in [0.25, 0.3) is 0 Å². The molecule has 1 rings (SSSR count). The van der Waals surface area contributed by atoms with Gasteiger partial charge in [0.15, 0.2) is 12.4 Å². The summed E-state index contributed by atoms with van der Waals surface area (Å²) in [5, 5.41) is 0. The second kappa shape index (κ2) is 4.61. The Morgan fingerprint density at radius 2 is 1.62 bits per heavy atom. The summed E-state index contributed by atoms with van der Waals surface area (Å²) < 4.78 is 2.18. The molecule has 0 amide bonds. The van der Waals surface area contributed by atoms with Crippen LogP contribution in [0.2, 0.25) is 0 Å². The highest BCUT2D eigenvalue weighted by Crippen LogP contribution is 2.19. The van der Waals surface area contributed by atoms with Gasteiger partial charge in [-0.1, -0.05) is 20.8 Å². The first-order chi connectivity index (χ1) is 5.54. The van der Waals surface area contributed by atoms with Crippen molar-refractivity contribution < 1.29 is 17.0 Å². The molecule has 13 heavy (non-hydrogen) atoms. The Morgan fingerprint density at radius 1 is 1.15 bits per heavy atom. The third kappa shape index (κ3) is 3.35. The Labute approximate surface area is 87.2 Å². The lowest BCUT2D eigenvalue weighted by Crippen LogP contribution is -3.00. The van der Waals surface area contributed by atoms with Gasteiger partial charge in [-0.3, -0.25) is 0 Å². The molecular formula is C11H18ClN. The summed E-state index contributed by atoms with van der Waals surface area (Å²) >= 11 is 0. The van der Waals surface area contributed by atoms with Gasteiger partial charge >= 0.3 is 0 Å². The van der Waals surface area contributed by atoms with Gasteiger partial charge in [0.05, 0.1) is 0 Å². The van der Waals surface area contributed by atoms with E-state index in [0.29, 0.717) is 0 Å². The fourth-order valence-corrected chi connectivity index (χ4v) is 1.17. The number of pyridine rings is 1. The highest BCUT2D eigenvalue weighted by Gasteiger charge is 2.14. The van der Waals surface area contributed by atoms with E-state index in [-0.39, 0.29) is 17.8 Å². The monoisotopic (exact) mass is 199 g/mol. The minimum Gasteiger partial charge on any atom is -1.00 e. The summed E-state index contributed by atoms with van der Waals surface area (Å²) in [6, 6.07) is 4.40. The van der Waals surface area contributed by atoms with E-state index >= 15 is 0 Å². The number of hydrogen-bond acceptors (Lipinski definition) is 0. The van der Waals surface area contributed by atoms with E-state index in [9.17, 15) is 0 Å². The number of aryl methyl sites for hydroxylation is 1. The first kappa shape index (κ1) is 12.4. The lowest BCUT2D eigenvalue weighted by Gasteiger charge is -2.17. The molecule has 0 radical (unpaired) electrons. The SMILES string of the molecule is CC[n+]1ccc(C(C)(C)C)cc1.[Cl-]. The number of halogens is 1. The zero-order valence-corrected chi connectivity index (χ0v) is 9.60. The van der Waals surface area contributed by atoms with Gasteiger partial charge in [0, 0.05) is 12.1 Å². The minimum atomic E-state index is 0. The molecule has 0 aliphatic carbocycles. The molecule has 0 aromatic carbocycles. The third-order valence-electron chi connectivity index (χ3n) is 2.12. The largest absolute Gasteiger partial charge is 1.00 e. The van der Waals surface area contributed by atoms with Crippen molar-refractivity contribution in [3.05, 3.63) is 30.1 Å². The molecule has 0 saturated carbocycles. The smallest absolute Gasteiger partial charge is 0.169 e. The zero-order valence-electron chi connectivity index (χ0n) is 8.84. The maximum atomic E-state index is 2.23. The van der Waals surface area contributed by atoms with Crippen molar-refractivity contribution >= 4 is 0 Å². The highest BCUT2D eigenvalue weighted by atomic mass is 35.5. The maximum Gasteiger partial charge on any atom is 0.169 e. The van der Waals surface area contributed by atoms with Crippen LogP contribution in [0.4, 0.5) is 0 Å². The van der Waals surface area contributed by atoms with E-state index in [1.165, 1.54) is 5.56 Å². The molecule has 0 spiro atoms. The van der Waals surface area contributed by atoms with Crippen molar-refractivity contribution in [2.24, 2.45) is 0 Å². The second-order valence-corrected chi connectivity index (χ2v) is 4.17. The Hall–Kier alpha value is -0.560. The first-order valence-corrected chi connectivity index (χ1v) is 4.53. The van der Waals surface area contributed by atoms with Crippen molar-refractivity contribution in [3.63, 3.8) is 0 Å². The van der Waals surface area contributed by atoms with Crippen LogP contribution < -0.4 is 17.0 Å². The highest BCUT2D eigenvalue weighted by molar-refractivity contribution is 5.17. The van der Waals surface area contributed by atoms with Crippen LogP contribution in [0.5, 0.6) is 0 Å². The first-order valence-electron chi connectivity index (χ1n) is 4.53. The van der Waals surface area contributed by atoms with E-state index in [2.05, 4.69) is 56.8 Å². The number of aromatic nitrogens is 1. The summed E-state index contributed by atoms with van der Waals surface area (Å²) in [5.74, 6) is 0. The van der Waals surface area contributed by atoms with E-state index in [1.807, 2.05) is 0 Å².